The summed E-state index contributed by atoms with van der Waals surface area (Å²) in [6.45, 7) is 4.55. The summed E-state index contributed by atoms with van der Waals surface area (Å²) < 4.78 is 26.8. The van der Waals surface area contributed by atoms with Gasteiger partial charge in [0.1, 0.15) is 0 Å². The van der Waals surface area contributed by atoms with Crippen molar-refractivity contribution in [2.45, 2.75) is 55.7 Å². The van der Waals surface area contributed by atoms with Crippen LogP contribution in [0.15, 0.2) is 29.2 Å². The van der Waals surface area contributed by atoms with Gasteiger partial charge in [-0.05, 0) is 25.5 Å². The van der Waals surface area contributed by atoms with Crippen LogP contribution in [0.5, 0.6) is 0 Å². The van der Waals surface area contributed by atoms with E-state index in [1.165, 1.54) is 19.3 Å². The molecule has 0 radical (unpaired) electrons. The van der Waals surface area contributed by atoms with Gasteiger partial charge in [0, 0.05) is 11.4 Å². The van der Waals surface area contributed by atoms with Crippen LogP contribution in [0.2, 0.25) is 0 Å². The van der Waals surface area contributed by atoms with Crippen molar-refractivity contribution in [2.75, 3.05) is 6.54 Å². The van der Waals surface area contributed by atoms with E-state index < -0.39 is 10.0 Å². The third-order valence-corrected chi connectivity index (χ3v) is 5.42. The van der Waals surface area contributed by atoms with Crippen LogP contribution in [-0.2, 0) is 10.0 Å². The number of rotatable bonds is 9. The summed E-state index contributed by atoms with van der Waals surface area (Å²) in [7, 11) is -3.39. The lowest BCUT2D eigenvalue weighted by molar-refractivity contribution is 0.572. The van der Waals surface area contributed by atoms with Crippen molar-refractivity contribution >= 4 is 26.0 Å². The zero-order valence-corrected chi connectivity index (χ0v) is 14.6. The van der Waals surface area contributed by atoms with Crippen molar-refractivity contribution in [1.82, 2.24) is 4.72 Å². The second kappa shape index (κ2) is 8.80. The third-order valence-electron chi connectivity index (χ3n) is 3.20. The molecule has 1 aromatic carbocycles. The molecule has 0 heterocycles. The summed E-state index contributed by atoms with van der Waals surface area (Å²) in [5.41, 5.74) is 1.05. The van der Waals surface area contributed by atoms with Crippen LogP contribution in [0, 0.1) is 6.92 Å². The fourth-order valence-electron chi connectivity index (χ4n) is 1.90. The zero-order valence-electron chi connectivity index (χ0n) is 12.2. The van der Waals surface area contributed by atoms with Crippen LogP contribution in [0.1, 0.15) is 44.6 Å². The van der Waals surface area contributed by atoms with E-state index in [-0.39, 0.29) is 4.83 Å². The van der Waals surface area contributed by atoms with Gasteiger partial charge in [-0.25, -0.2) is 13.1 Å². The van der Waals surface area contributed by atoms with Gasteiger partial charge in [-0.1, -0.05) is 66.2 Å². The van der Waals surface area contributed by atoms with Crippen molar-refractivity contribution < 1.29 is 8.42 Å². The normalized spacial score (nSPS) is 13.3. The standard InChI is InChI=1S/C15H24BrNO2S/c1-3-4-5-6-7-14(16)12-17-20(18,19)15-10-8-13(2)9-11-15/h8-11,14,17H,3-7,12H2,1-2H3/t14-/m1/s1. The highest BCUT2D eigenvalue weighted by Crippen LogP contribution is 2.14. The molecule has 0 aliphatic rings. The molecule has 5 heteroatoms. The Morgan fingerprint density at radius 2 is 1.80 bits per heavy atom. The number of aryl methyl sites for hydroxylation is 1. The molecular weight excluding hydrogens is 338 g/mol. The summed E-state index contributed by atoms with van der Waals surface area (Å²) in [6.07, 6.45) is 5.80. The Balaban J connectivity index is 2.41. The van der Waals surface area contributed by atoms with Gasteiger partial charge in [-0.3, -0.25) is 0 Å². The number of hydrogen-bond acceptors (Lipinski definition) is 2. The Morgan fingerprint density at radius 1 is 1.15 bits per heavy atom. The van der Waals surface area contributed by atoms with Gasteiger partial charge in [0.25, 0.3) is 0 Å². The van der Waals surface area contributed by atoms with Crippen molar-refractivity contribution in [1.29, 1.82) is 0 Å². The minimum atomic E-state index is -3.39. The molecule has 0 saturated heterocycles. The molecule has 3 nitrogen and oxygen atoms in total. The van der Waals surface area contributed by atoms with Gasteiger partial charge >= 0.3 is 0 Å². The molecule has 1 rings (SSSR count). The predicted molar refractivity (Wildman–Crippen MR) is 87.8 cm³/mol. The maximum absolute atomic E-state index is 12.1. The van der Waals surface area contributed by atoms with Crippen molar-refractivity contribution in [3.05, 3.63) is 29.8 Å². The quantitative estimate of drug-likeness (QED) is 0.533. The van der Waals surface area contributed by atoms with E-state index in [0.29, 0.717) is 11.4 Å². The number of halogens is 1. The number of alkyl halides is 1. The molecule has 0 bridgehead atoms. The van der Waals surface area contributed by atoms with Crippen LogP contribution in [0.25, 0.3) is 0 Å². The van der Waals surface area contributed by atoms with Crippen LogP contribution in [0.4, 0.5) is 0 Å². The minimum absolute atomic E-state index is 0.194. The van der Waals surface area contributed by atoms with E-state index in [9.17, 15) is 8.42 Å². The average Bonchev–Trinajstić information content (AvgIpc) is 2.42. The molecule has 0 saturated carbocycles. The molecule has 1 aromatic rings. The van der Waals surface area contributed by atoms with E-state index in [0.717, 1.165) is 18.4 Å². The molecule has 1 atom stereocenters. The Hall–Kier alpha value is -0.390. The SMILES string of the molecule is CCCCCC[C@@H](Br)CNS(=O)(=O)c1ccc(C)cc1. The topological polar surface area (TPSA) is 46.2 Å². The number of sulfonamides is 1. The molecule has 0 aliphatic heterocycles. The summed E-state index contributed by atoms with van der Waals surface area (Å²) >= 11 is 3.54. The van der Waals surface area contributed by atoms with Gasteiger partial charge in [0.2, 0.25) is 10.0 Å². The first-order valence-corrected chi connectivity index (χ1v) is 9.56. The lowest BCUT2D eigenvalue weighted by atomic mass is 10.1. The lowest BCUT2D eigenvalue weighted by Gasteiger charge is -2.11. The summed E-state index contributed by atoms with van der Waals surface area (Å²) in [5.74, 6) is 0. The van der Waals surface area contributed by atoms with Gasteiger partial charge in [0.15, 0.2) is 0 Å². The second-order valence-electron chi connectivity index (χ2n) is 5.11. The minimum Gasteiger partial charge on any atom is -0.210 e. The zero-order chi connectivity index (χ0) is 15.0. The Labute approximate surface area is 131 Å². The highest BCUT2D eigenvalue weighted by atomic mass is 79.9. The summed E-state index contributed by atoms with van der Waals surface area (Å²) in [5, 5.41) is 0. The van der Waals surface area contributed by atoms with E-state index >= 15 is 0 Å². The van der Waals surface area contributed by atoms with Crippen molar-refractivity contribution in [2.24, 2.45) is 0 Å². The van der Waals surface area contributed by atoms with E-state index in [2.05, 4.69) is 27.6 Å². The molecule has 1 N–H and O–H groups in total. The predicted octanol–water partition coefficient (Wildman–Crippen LogP) is 4.01. The van der Waals surface area contributed by atoms with E-state index in [4.69, 9.17) is 0 Å². The summed E-state index contributed by atoms with van der Waals surface area (Å²) in [6, 6.07) is 6.90. The van der Waals surface area contributed by atoms with E-state index in [1.54, 1.807) is 12.1 Å². The number of unbranched alkanes of at least 4 members (excludes halogenated alkanes) is 3. The first-order valence-electron chi connectivity index (χ1n) is 7.16. The maximum atomic E-state index is 12.1. The summed E-state index contributed by atoms with van der Waals surface area (Å²) in [4.78, 5) is 0.522. The molecular formula is C15H24BrNO2S. The monoisotopic (exact) mass is 361 g/mol. The molecule has 20 heavy (non-hydrogen) atoms. The number of nitrogens with one attached hydrogen (secondary N) is 1. The van der Waals surface area contributed by atoms with Crippen LogP contribution in [-0.4, -0.2) is 19.8 Å². The molecule has 0 unspecified atom stereocenters. The number of hydrogen-bond donors (Lipinski definition) is 1. The molecule has 114 valence electrons. The van der Waals surface area contributed by atoms with Crippen molar-refractivity contribution in [3.63, 3.8) is 0 Å². The molecule has 0 spiro atoms. The first kappa shape index (κ1) is 17.7. The van der Waals surface area contributed by atoms with Crippen LogP contribution < -0.4 is 4.72 Å². The van der Waals surface area contributed by atoms with Gasteiger partial charge in [0.05, 0.1) is 4.90 Å². The first-order chi connectivity index (χ1) is 9.45. The molecule has 0 aliphatic carbocycles. The maximum Gasteiger partial charge on any atom is 0.240 e. The highest BCUT2D eigenvalue weighted by Gasteiger charge is 2.15. The van der Waals surface area contributed by atoms with Crippen molar-refractivity contribution in [3.8, 4) is 0 Å². The Bertz CT molecular complexity index is 485. The van der Waals surface area contributed by atoms with E-state index in [1.807, 2.05) is 19.1 Å². The van der Waals surface area contributed by atoms with Gasteiger partial charge < -0.3 is 0 Å². The van der Waals surface area contributed by atoms with Gasteiger partial charge in [-0.15, -0.1) is 0 Å². The fourth-order valence-corrected chi connectivity index (χ4v) is 3.68. The van der Waals surface area contributed by atoms with Crippen LogP contribution >= 0.6 is 15.9 Å². The fraction of sp³-hybridized carbons (Fsp3) is 0.600. The third kappa shape index (κ3) is 6.37. The number of benzene rings is 1. The smallest absolute Gasteiger partial charge is 0.210 e. The largest absolute Gasteiger partial charge is 0.240 e. The average molecular weight is 362 g/mol. The Morgan fingerprint density at radius 3 is 2.40 bits per heavy atom. The molecule has 0 amide bonds. The van der Waals surface area contributed by atoms with Crippen LogP contribution in [0.3, 0.4) is 0 Å². The van der Waals surface area contributed by atoms with Gasteiger partial charge in [-0.2, -0.15) is 0 Å². The second-order valence-corrected chi connectivity index (χ2v) is 8.17. The molecule has 0 aromatic heterocycles. The Kier molecular flexibility index (Phi) is 7.77. The lowest BCUT2D eigenvalue weighted by Crippen LogP contribution is -2.29. The highest BCUT2D eigenvalue weighted by molar-refractivity contribution is 9.09. The molecule has 0 fully saturated rings.